The Bertz CT molecular complexity index is 860. The Hall–Kier alpha value is -2.86. The Morgan fingerprint density at radius 2 is 1.77 bits per heavy atom. The highest BCUT2D eigenvalue weighted by molar-refractivity contribution is 8.18. The summed E-state index contributed by atoms with van der Waals surface area (Å²) >= 11 is 0.955. The first-order valence-electron chi connectivity index (χ1n) is 8.20. The van der Waals surface area contributed by atoms with E-state index in [0.717, 1.165) is 22.9 Å². The molecule has 0 bridgehead atoms. The summed E-state index contributed by atoms with van der Waals surface area (Å²) in [6.45, 7) is 1.81. The molecule has 0 unspecified atom stereocenters. The average Bonchev–Trinajstić information content (AvgIpc) is 2.89. The molecule has 26 heavy (non-hydrogen) atoms. The van der Waals surface area contributed by atoms with E-state index >= 15 is 0 Å². The van der Waals surface area contributed by atoms with Crippen LogP contribution in [0.25, 0.3) is 6.08 Å². The minimum Gasteiger partial charge on any atom is -0.326 e. The molecule has 3 amide bonds. The van der Waals surface area contributed by atoms with Gasteiger partial charge in [0.05, 0.1) is 4.91 Å². The molecule has 1 heterocycles. The molecule has 2 aromatic rings. The van der Waals surface area contributed by atoms with E-state index in [1.165, 1.54) is 11.8 Å². The molecule has 0 atom stereocenters. The molecule has 1 aliphatic heterocycles. The maximum absolute atomic E-state index is 12.5. The maximum atomic E-state index is 12.5. The third kappa shape index (κ3) is 4.40. The smallest absolute Gasteiger partial charge is 0.293 e. The summed E-state index contributed by atoms with van der Waals surface area (Å²) in [5.41, 5.74) is 2.57. The zero-order valence-electron chi connectivity index (χ0n) is 14.3. The van der Waals surface area contributed by atoms with Gasteiger partial charge in [-0.2, -0.15) is 0 Å². The van der Waals surface area contributed by atoms with Crippen LogP contribution in [-0.2, 0) is 16.0 Å². The third-order valence-electron chi connectivity index (χ3n) is 3.87. The van der Waals surface area contributed by atoms with Gasteiger partial charge in [-0.3, -0.25) is 19.3 Å². The van der Waals surface area contributed by atoms with E-state index in [0.29, 0.717) is 23.6 Å². The standard InChI is InChI=1S/C20H18N2O3S/c1-14(23)21-17-9-7-16(8-10-17)13-18-19(24)22(20(25)26-18)12-11-15-5-3-2-4-6-15/h2-10,13H,11-12H2,1H3,(H,21,23)/b18-13-. The first-order chi connectivity index (χ1) is 12.5. The molecule has 5 nitrogen and oxygen atoms in total. The number of thioether (sulfide) groups is 1. The summed E-state index contributed by atoms with van der Waals surface area (Å²) in [6, 6.07) is 16.9. The van der Waals surface area contributed by atoms with E-state index in [9.17, 15) is 14.4 Å². The predicted molar refractivity (Wildman–Crippen MR) is 104 cm³/mol. The minimum absolute atomic E-state index is 0.141. The van der Waals surface area contributed by atoms with Crippen LogP contribution in [0.5, 0.6) is 0 Å². The molecule has 0 radical (unpaired) electrons. The summed E-state index contributed by atoms with van der Waals surface area (Å²) in [5, 5.41) is 2.44. The van der Waals surface area contributed by atoms with Gasteiger partial charge in [0.2, 0.25) is 5.91 Å². The van der Waals surface area contributed by atoms with Crippen LogP contribution in [0.3, 0.4) is 0 Å². The number of imide groups is 1. The van der Waals surface area contributed by atoms with Crippen molar-refractivity contribution in [1.82, 2.24) is 4.90 Å². The van der Waals surface area contributed by atoms with Crippen molar-refractivity contribution in [2.75, 3.05) is 11.9 Å². The molecule has 1 aliphatic rings. The maximum Gasteiger partial charge on any atom is 0.293 e. The first-order valence-corrected chi connectivity index (χ1v) is 9.01. The normalized spacial score (nSPS) is 15.6. The monoisotopic (exact) mass is 366 g/mol. The van der Waals surface area contributed by atoms with E-state index in [2.05, 4.69) is 5.32 Å². The molecule has 0 spiro atoms. The van der Waals surface area contributed by atoms with Crippen LogP contribution >= 0.6 is 11.8 Å². The fourth-order valence-corrected chi connectivity index (χ4v) is 3.46. The molecule has 3 rings (SSSR count). The van der Waals surface area contributed by atoms with Gasteiger partial charge in [-0.15, -0.1) is 0 Å². The third-order valence-corrected chi connectivity index (χ3v) is 4.78. The van der Waals surface area contributed by atoms with Crippen molar-refractivity contribution in [3.05, 3.63) is 70.6 Å². The van der Waals surface area contributed by atoms with E-state index in [1.54, 1.807) is 30.3 Å². The van der Waals surface area contributed by atoms with Crippen LogP contribution in [0, 0.1) is 0 Å². The molecular formula is C20H18N2O3S. The summed E-state index contributed by atoms with van der Waals surface area (Å²) < 4.78 is 0. The Balaban J connectivity index is 1.67. The minimum atomic E-state index is -0.262. The van der Waals surface area contributed by atoms with Gasteiger partial charge in [-0.05, 0) is 47.5 Å². The summed E-state index contributed by atoms with van der Waals surface area (Å²) in [6.07, 6.45) is 2.34. The van der Waals surface area contributed by atoms with Crippen molar-refractivity contribution in [1.29, 1.82) is 0 Å². The highest BCUT2D eigenvalue weighted by Crippen LogP contribution is 2.32. The topological polar surface area (TPSA) is 66.5 Å². The van der Waals surface area contributed by atoms with Gasteiger partial charge >= 0.3 is 0 Å². The van der Waals surface area contributed by atoms with Crippen LogP contribution in [0.4, 0.5) is 10.5 Å². The number of carbonyl (C=O) groups excluding carboxylic acids is 3. The molecule has 132 valence electrons. The predicted octanol–water partition coefficient (Wildman–Crippen LogP) is 3.92. The lowest BCUT2D eigenvalue weighted by atomic mass is 10.1. The molecule has 0 aliphatic carbocycles. The van der Waals surface area contributed by atoms with Crippen molar-refractivity contribution < 1.29 is 14.4 Å². The molecule has 1 N–H and O–H groups in total. The van der Waals surface area contributed by atoms with Gasteiger partial charge in [0.25, 0.3) is 11.1 Å². The number of amides is 3. The van der Waals surface area contributed by atoms with E-state index in [4.69, 9.17) is 0 Å². The second-order valence-electron chi connectivity index (χ2n) is 5.87. The lowest BCUT2D eigenvalue weighted by molar-refractivity contribution is -0.122. The van der Waals surface area contributed by atoms with Crippen LogP contribution in [-0.4, -0.2) is 28.5 Å². The molecule has 0 aromatic heterocycles. The van der Waals surface area contributed by atoms with Gasteiger partial charge in [-0.25, -0.2) is 0 Å². The van der Waals surface area contributed by atoms with Crippen molar-refractivity contribution in [2.45, 2.75) is 13.3 Å². The van der Waals surface area contributed by atoms with Gasteiger partial charge in [0, 0.05) is 19.2 Å². The number of carbonyl (C=O) groups is 3. The highest BCUT2D eigenvalue weighted by atomic mass is 32.2. The van der Waals surface area contributed by atoms with E-state index in [-0.39, 0.29) is 17.1 Å². The average molecular weight is 366 g/mol. The first kappa shape index (κ1) is 17.9. The molecule has 2 aromatic carbocycles. The second-order valence-corrected chi connectivity index (χ2v) is 6.87. The van der Waals surface area contributed by atoms with Crippen molar-refractivity contribution >= 4 is 40.6 Å². The van der Waals surface area contributed by atoms with Gasteiger partial charge in [0.15, 0.2) is 0 Å². The number of nitrogens with one attached hydrogen (secondary N) is 1. The molecule has 0 saturated carbocycles. The van der Waals surface area contributed by atoms with E-state index in [1.807, 2.05) is 30.3 Å². The van der Waals surface area contributed by atoms with Crippen LogP contribution < -0.4 is 5.32 Å². The van der Waals surface area contributed by atoms with Crippen LogP contribution in [0.2, 0.25) is 0 Å². The van der Waals surface area contributed by atoms with Gasteiger partial charge < -0.3 is 5.32 Å². The Morgan fingerprint density at radius 1 is 1.08 bits per heavy atom. The Kier molecular flexibility index (Phi) is 5.53. The Labute approximate surface area is 156 Å². The quantitative estimate of drug-likeness (QED) is 0.815. The molecule has 6 heteroatoms. The Morgan fingerprint density at radius 3 is 2.42 bits per heavy atom. The SMILES string of the molecule is CC(=O)Nc1ccc(/C=C2\SC(=O)N(CCc3ccccc3)C2=O)cc1. The number of nitrogens with zero attached hydrogens (tertiary/aromatic N) is 1. The highest BCUT2D eigenvalue weighted by Gasteiger charge is 2.34. The van der Waals surface area contributed by atoms with Crippen LogP contribution in [0.1, 0.15) is 18.1 Å². The van der Waals surface area contributed by atoms with Crippen molar-refractivity contribution in [3.63, 3.8) is 0 Å². The zero-order valence-corrected chi connectivity index (χ0v) is 15.1. The zero-order chi connectivity index (χ0) is 18.5. The van der Waals surface area contributed by atoms with Crippen molar-refractivity contribution in [2.24, 2.45) is 0 Å². The molecule has 1 fully saturated rings. The fourth-order valence-electron chi connectivity index (χ4n) is 2.60. The lowest BCUT2D eigenvalue weighted by Crippen LogP contribution is -2.30. The second kappa shape index (κ2) is 8.01. The largest absolute Gasteiger partial charge is 0.326 e. The number of benzene rings is 2. The summed E-state index contributed by atoms with van der Waals surface area (Å²) in [7, 11) is 0. The van der Waals surface area contributed by atoms with Crippen LogP contribution in [0.15, 0.2) is 59.5 Å². The van der Waals surface area contributed by atoms with Gasteiger partial charge in [0.1, 0.15) is 0 Å². The number of hydrogen-bond acceptors (Lipinski definition) is 4. The summed E-state index contributed by atoms with van der Waals surface area (Å²) in [5.74, 6) is -0.404. The number of rotatable bonds is 5. The van der Waals surface area contributed by atoms with Crippen molar-refractivity contribution in [3.8, 4) is 0 Å². The molecule has 1 saturated heterocycles. The number of hydrogen-bond donors (Lipinski definition) is 1. The summed E-state index contributed by atoms with van der Waals surface area (Å²) in [4.78, 5) is 37.4. The fraction of sp³-hybridized carbons (Fsp3) is 0.150. The van der Waals surface area contributed by atoms with Gasteiger partial charge in [-0.1, -0.05) is 42.5 Å². The molecular weight excluding hydrogens is 348 g/mol. The van der Waals surface area contributed by atoms with E-state index < -0.39 is 0 Å². The lowest BCUT2D eigenvalue weighted by Gasteiger charge is -2.12. The number of anilines is 1.